The lowest BCUT2D eigenvalue weighted by atomic mass is 10.1. The maximum Gasteiger partial charge on any atom is 0.229 e. The van der Waals surface area contributed by atoms with E-state index in [1.165, 1.54) is 7.11 Å². The van der Waals surface area contributed by atoms with Crippen LogP contribution in [-0.4, -0.2) is 37.6 Å². The summed E-state index contributed by atoms with van der Waals surface area (Å²) in [6.45, 7) is 0.322. The molecule has 7 heteroatoms. The van der Waals surface area contributed by atoms with E-state index >= 15 is 0 Å². The normalized spacial score (nSPS) is 16.6. The molecule has 0 bridgehead atoms. The van der Waals surface area contributed by atoms with Gasteiger partial charge < -0.3 is 19.7 Å². The first-order valence-electron chi connectivity index (χ1n) is 7.85. The van der Waals surface area contributed by atoms with Gasteiger partial charge in [-0.2, -0.15) is 0 Å². The Bertz CT molecular complexity index is 779. The van der Waals surface area contributed by atoms with E-state index in [0.717, 1.165) is 0 Å². The van der Waals surface area contributed by atoms with Gasteiger partial charge in [0.25, 0.3) is 0 Å². The van der Waals surface area contributed by atoms with Crippen LogP contribution in [0.4, 0.5) is 11.4 Å². The van der Waals surface area contributed by atoms with Gasteiger partial charge in [0.05, 0.1) is 37.7 Å². The third-order valence-corrected chi connectivity index (χ3v) is 4.12. The second-order valence-electron chi connectivity index (χ2n) is 5.67. The van der Waals surface area contributed by atoms with Crippen molar-refractivity contribution in [2.24, 2.45) is 5.92 Å². The molecule has 1 aromatic carbocycles. The first-order chi connectivity index (χ1) is 12.1. The SMILES string of the molecule is COc1ccc(OC)c(NC(=O)C2CC(=O)N(c3cccnc3)C2)c1. The summed E-state index contributed by atoms with van der Waals surface area (Å²) in [5, 5.41) is 2.83. The molecule has 0 saturated carbocycles. The predicted octanol–water partition coefficient (Wildman–Crippen LogP) is 2.09. The molecule has 0 spiro atoms. The summed E-state index contributed by atoms with van der Waals surface area (Å²) in [4.78, 5) is 30.4. The molecule has 25 heavy (non-hydrogen) atoms. The van der Waals surface area contributed by atoms with Crippen molar-refractivity contribution in [2.45, 2.75) is 6.42 Å². The van der Waals surface area contributed by atoms with Crippen LogP contribution < -0.4 is 19.7 Å². The Labute approximate surface area is 145 Å². The van der Waals surface area contributed by atoms with Crippen molar-refractivity contribution in [3.8, 4) is 11.5 Å². The average Bonchev–Trinajstić information content (AvgIpc) is 3.04. The predicted molar refractivity (Wildman–Crippen MR) is 92.9 cm³/mol. The number of carbonyl (C=O) groups excluding carboxylic acids is 2. The molecule has 1 aromatic heterocycles. The molecular formula is C18H19N3O4. The molecule has 1 unspecified atom stereocenters. The van der Waals surface area contributed by atoms with Crippen molar-refractivity contribution in [1.29, 1.82) is 0 Å². The number of hydrogen-bond acceptors (Lipinski definition) is 5. The molecule has 1 aliphatic heterocycles. The van der Waals surface area contributed by atoms with Crippen LogP contribution in [0.25, 0.3) is 0 Å². The van der Waals surface area contributed by atoms with Gasteiger partial charge in [-0.1, -0.05) is 0 Å². The van der Waals surface area contributed by atoms with Gasteiger partial charge in [0.1, 0.15) is 11.5 Å². The summed E-state index contributed by atoms with van der Waals surface area (Å²) >= 11 is 0. The number of nitrogens with one attached hydrogen (secondary N) is 1. The van der Waals surface area contributed by atoms with Crippen molar-refractivity contribution in [3.63, 3.8) is 0 Å². The largest absolute Gasteiger partial charge is 0.497 e. The molecule has 1 atom stereocenters. The Kier molecular flexibility index (Phi) is 4.83. The molecular weight excluding hydrogens is 322 g/mol. The second kappa shape index (κ2) is 7.21. The number of ether oxygens (including phenoxy) is 2. The number of anilines is 2. The summed E-state index contributed by atoms with van der Waals surface area (Å²) in [7, 11) is 3.08. The minimum absolute atomic E-state index is 0.0919. The standard InChI is InChI=1S/C18H19N3O4/c1-24-14-5-6-16(25-2)15(9-14)20-18(23)12-8-17(22)21(11-12)13-4-3-7-19-10-13/h3-7,9-10,12H,8,11H2,1-2H3,(H,20,23). The van der Waals surface area contributed by atoms with Crippen LogP contribution in [0.5, 0.6) is 11.5 Å². The summed E-state index contributed by atoms with van der Waals surface area (Å²) in [6, 6.07) is 8.72. The molecule has 0 radical (unpaired) electrons. The summed E-state index contributed by atoms with van der Waals surface area (Å²) in [5.41, 5.74) is 1.21. The number of benzene rings is 1. The Morgan fingerprint density at radius 1 is 1.28 bits per heavy atom. The van der Waals surface area contributed by atoms with Crippen molar-refractivity contribution in [3.05, 3.63) is 42.7 Å². The van der Waals surface area contributed by atoms with E-state index in [0.29, 0.717) is 29.4 Å². The average molecular weight is 341 g/mol. The first kappa shape index (κ1) is 16.8. The highest BCUT2D eigenvalue weighted by molar-refractivity contribution is 6.03. The molecule has 1 aliphatic rings. The third-order valence-electron chi connectivity index (χ3n) is 4.12. The van der Waals surface area contributed by atoms with Crippen LogP contribution in [0.1, 0.15) is 6.42 Å². The fourth-order valence-corrected chi connectivity index (χ4v) is 2.79. The van der Waals surface area contributed by atoms with E-state index in [2.05, 4.69) is 10.3 Å². The molecule has 3 rings (SSSR count). The van der Waals surface area contributed by atoms with Crippen LogP contribution in [-0.2, 0) is 9.59 Å². The van der Waals surface area contributed by atoms with E-state index < -0.39 is 5.92 Å². The lowest BCUT2D eigenvalue weighted by Gasteiger charge is -2.17. The molecule has 7 nitrogen and oxygen atoms in total. The number of nitrogens with zero attached hydrogens (tertiary/aromatic N) is 2. The fourth-order valence-electron chi connectivity index (χ4n) is 2.79. The van der Waals surface area contributed by atoms with Gasteiger partial charge in [-0.15, -0.1) is 0 Å². The van der Waals surface area contributed by atoms with Gasteiger partial charge in [0.2, 0.25) is 11.8 Å². The van der Waals surface area contributed by atoms with E-state index in [1.54, 1.807) is 54.7 Å². The Morgan fingerprint density at radius 2 is 2.12 bits per heavy atom. The highest BCUT2D eigenvalue weighted by Gasteiger charge is 2.35. The Hall–Kier alpha value is -3.09. The number of pyridine rings is 1. The van der Waals surface area contributed by atoms with Gasteiger partial charge in [-0.25, -0.2) is 0 Å². The zero-order chi connectivity index (χ0) is 17.8. The molecule has 1 saturated heterocycles. The van der Waals surface area contributed by atoms with Crippen LogP contribution in [0.2, 0.25) is 0 Å². The van der Waals surface area contributed by atoms with Crippen LogP contribution in [0.3, 0.4) is 0 Å². The molecule has 130 valence electrons. The highest BCUT2D eigenvalue weighted by Crippen LogP contribution is 2.31. The van der Waals surface area contributed by atoms with Crippen molar-refractivity contribution < 1.29 is 19.1 Å². The Morgan fingerprint density at radius 3 is 2.80 bits per heavy atom. The Balaban J connectivity index is 1.73. The summed E-state index contributed by atoms with van der Waals surface area (Å²) < 4.78 is 10.4. The van der Waals surface area contributed by atoms with Crippen molar-refractivity contribution in [2.75, 3.05) is 31.0 Å². The molecule has 2 amide bonds. The van der Waals surface area contributed by atoms with E-state index in [4.69, 9.17) is 9.47 Å². The van der Waals surface area contributed by atoms with Crippen molar-refractivity contribution >= 4 is 23.2 Å². The molecule has 2 aromatic rings. The van der Waals surface area contributed by atoms with E-state index in [1.807, 2.05) is 0 Å². The van der Waals surface area contributed by atoms with Gasteiger partial charge in [0, 0.05) is 25.2 Å². The van der Waals surface area contributed by atoms with E-state index in [9.17, 15) is 9.59 Å². The lowest BCUT2D eigenvalue weighted by molar-refractivity contribution is -0.122. The number of rotatable bonds is 5. The molecule has 1 N–H and O–H groups in total. The number of amides is 2. The zero-order valence-electron chi connectivity index (χ0n) is 14.1. The molecule has 2 heterocycles. The minimum atomic E-state index is -0.441. The number of aromatic nitrogens is 1. The maximum absolute atomic E-state index is 12.6. The third kappa shape index (κ3) is 3.55. The fraction of sp³-hybridized carbons (Fsp3) is 0.278. The minimum Gasteiger partial charge on any atom is -0.497 e. The van der Waals surface area contributed by atoms with Gasteiger partial charge in [0.15, 0.2) is 0 Å². The summed E-state index contributed by atoms with van der Waals surface area (Å²) in [6.07, 6.45) is 3.42. The lowest BCUT2D eigenvalue weighted by Crippen LogP contribution is -2.28. The number of methoxy groups -OCH3 is 2. The molecule has 1 fully saturated rings. The van der Waals surface area contributed by atoms with Crippen LogP contribution >= 0.6 is 0 Å². The zero-order valence-corrected chi connectivity index (χ0v) is 14.1. The maximum atomic E-state index is 12.6. The smallest absolute Gasteiger partial charge is 0.229 e. The van der Waals surface area contributed by atoms with Crippen LogP contribution in [0, 0.1) is 5.92 Å². The topological polar surface area (TPSA) is 80.8 Å². The van der Waals surface area contributed by atoms with E-state index in [-0.39, 0.29) is 18.2 Å². The van der Waals surface area contributed by atoms with Crippen molar-refractivity contribution in [1.82, 2.24) is 4.98 Å². The summed E-state index contributed by atoms with van der Waals surface area (Å²) in [5.74, 6) is 0.374. The number of carbonyl (C=O) groups is 2. The van der Waals surface area contributed by atoms with Gasteiger partial charge >= 0.3 is 0 Å². The first-order valence-corrected chi connectivity index (χ1v) is 7.85. The van der Waals surface area contributed by atoms with Gasteiger partial charge in [-0.05, 0) is 24.3 Å². The monoisotopic (exact) mass is 341 g/mol. The number of hydrogen-bond donors (Lipinski definition) is 1. The highest BCUT2D eigenvalue weighted by atomic mass is 16.5. The van der Waals surface area contributed by atoms with Crippen LogP contribution in [0.15, 0.2) is 42.7 Å². The molecule has 0 aliphatic carbocycles. The van der Waals surface area contributed by atoms with Gasteiger partial charge in [-0.3, -0.25) is 14.6 Å². The quantitative estimate of drug-likeness (QED) is 0.901. The second-order valence-corrected chi connectivity index (χ2v) is 5.67.